The molecule has 0 heterocycles. The van der Waals surface area contributed by atoms with E-state index in [1.165, 1.54) is 0 Å². The molecule has 3 heteroatoms. The van der Waals surface area contributed by atoms with Crippen LogP contribution in [-0.4, -0.2) is 13.4 Å². The highest BCUT2D eigenvalue weighted by atomic mass is 32.2. The van der Waals surface area contributed by atoms with Crippen molar-refractivity contribution in [1.29, 1.82) is 0 Å². The molecular weight excluding hydrogens is 280 g/mol. The average Bonchev–Trinajstić information content (AvgIpc) is 2.48. The van der Waals surface area contributed by atoms with E-state index in [-0.39, 0.29) is 0 Å². The Kier molecular flexibility index (Phi) is 5.33. The first kappa shape index (κ1) is 15.0. The Balaban J connectivity index is 2.26. The second kappa shape index (κ2) is 7.44. The molecule has 2 aromatic rings. The molecule has 0 spiro atoms. The smallest absolute Gasteiger partial charge is 0.176 e. The van der Waals surface area contributed by atoms with Gasteiger partial charge in [0.2, 0.25) is 0 Å². The number of hydrogen-bond acceptors (Lipinski definition) is 2. The van der Waals surface area contributed by atoms with E-state index in [1.54, 1.807) is 0 Å². The van der Waals surface area contributed by atoms with Gasteiger partial charge in [0.25, 0.3) is 10.3 Å². The van der Waals surface area contributed by atoms with Gasteiger partial charge in [-0.1, -0.05) is 67.2 Å². The zero-order chi connectivity index (χ0) is 15.1. The first-order valence-corrected chi connectivity index (χ1v) is 7.70. The van der Waals surface area contributed by atoms with E-state index < -0.39 is 10.3 Å². The minimum absolute atomic E-state index is 0.514. The maximum Gasteiger partial charge on any atom is 0.260 e. The van der Waals surface area contributed by atoms with Crippen molar-refractivity contribution in [3.05, 3.63) is 89.5 Å². The zero-order valence-electron chi connectivity index (χ0n) is 11.6. The molecule has 0 saturated heterocycles. The van der Waals surface area contributed by atoms with Crippen molar-refractivity contribution in [3.63, 3.8) is 0 Å². The fourth-order valence-electron chi connectivity index (χ4n) is 2.08. The summed E-state index contributed by atoms with van der Waals surface area (Å²) in [4.78, 5) is 0. The summed E-state index contributed by atoms with van der Waals surface area (Å²) in [7, 11) is -2.35. The second-order valence-corrected chi connectivity index (χ2v) is 5.42. The lowest BCUT2D eigenvalue weighted by atomic mass is 9.96. The van der Waals surface area contributed by atoms with Crippen LogP contribution in [0, 0.1) is 0 Å². The van der Waals surface area contributed by atoms with Crippen LogP contribution >= 0.6 is 0 Å². The third-order valence-corrected chi connectivity index (χ3v) is 3.53. The first-order chi connectivity index (χ1) is 10.1. The molecular formula is C18H16O2S. The molecule has 0 atom stereocenters. The number of rotatable bonds is 5. The summed E-state index contributed by atoms with van der Waals surface area (Å²) in [6, 6.07) is 19.6. The summed E-state index contributed by atoms with van der Waals surface area (Å²) in [5, 5.41) is 2.48. The molecule has 0 radical (unpaired) electrons. The molecule has 0 saturated carbocycles. The Morgan fingerprint density at radius 1 is 0.857 bits per heavy atom. The average molecular weight is 296 g/mol. The van der Waals surface area contributed by atoms with Crippen LogP contribution in [0.1, 0.15) is 11.1 Å². The highest BCUT2D eigenvalue weighted by Crippen LogP contribution is 2.17. The minimum atomic E-state index is -2.35. The Morgan fingerprint density at radius 3 is 1.81 bits per heavy atom. The maximum absolute atomic E-state index is 11.0. The van der Waals surface area contributed by atoms with Gasteiger partial charge in [0, 0.05) is 17.0 Å². The Labute approximate surface area is 126 Å². The van der Waals surface area contributed by atoms with Crippen molar-refractivity contribution in [3.8, 4) is 0 Å². The summed E-state index contributed by atoms with van der Waals surface area (Å²) in [5.41, 5.74) is 3.54. The van der Waals surface area contributed by atoms with Crippen LogP contribution in [0.5, 0.6) is 0 Å². The van der Waals surface area contributed by atoms with Crippen molar-refractivity contribution in [1.82, 2.24) is 0 Å². The SMILES string of the molecule is C=C(Cc1ccccc1)C(=C=S(=O)=O)Cc1ccccc1. The monoisotopic (exact) mass is 296 g/mol. The van der Waals surface area contributed by atoms with Crippen LogP contribution in [0.3, 0.4) is 0 Å². The van der Waals surface area contributed by atoms with E-state index in [9.17, 15) is 8.42 Å². The summed E-state index contributed by atoms with van der Waals surface area (Å²) in [5.74, 6) is 0. The fraction of sp³-hybridized carbons (Fsp3) is 0.111. The molecule has 0 bridgehead atoms. The van der Waals surface area contributed by atoms with Gasteiger partial charge in [0.1, 0.15) is 0 Å². The van der Waals surface area contributed by atoms with Gasteiger partial charge in [-0.05, 0) is 23.1 Å². The number of hydrogen-bond donors (Lipinski definition) is 0. The standard InChI is InChI=1S/C18H16O2S/c1-15(12-16-8-4-2-5-9-16)18(14-21(19)20)13-17-10-6-3-7-11-17/h2-11H,1,12-13H2. The van der Waals surface area contributed by atoms with E-state index in [2.05, 4.69) is 11.6 Å². The highest BCUT2D eigenvalue weighted by molar-refractivity contribution is 7.70. The predicted molar refractivity (Wildman–Crippen MR) is 86.9 cm³/mol. The molecule has 0 aliphatic heterocycles. The molecule has 0 fully saturated rings. The van der Waals surface area contributed by atoms with Crippen LogP contribution in [0.4, 0.5) is 0 Å². The van der Waals surface area contributed by atoms with Gasteiger partial charge in [-0.15, -0.1) is 0 Å². The lowest BCUT2D eigenvalue weighted by molar-refractivity contribution is 0.627. The van der Waals surface area contributed by atoms with Gasteiger partial charge in [-0.25, -0.2) is 0 Å². The molecule has 0 aliphatic carbocycles. The van der Waals surface area contributed by atoms with Crippen molar-refractivity contribution in [2.24, 2.45) is 0 Å². The van der Waals surface area contributed by atoms with E-state index in [0.717, 1.165) is 16.7 Å². The van der Waals surface area contributed by atoms with Gasteiger partial charge in [0.05, 0.1) is 0 Å². The Morgan fingerprint density at radius 2 is 1.33 bits per heavy atom. The van der Waals surface area contributed by atoms with Gasteiger partial charge >= 0.3 is 0 Å². The van der Waals surface area contributed by atoms with Crippen molar-refractivity contribution < 1.29 is 8.42 Å². The Bertz CT molecular complexity index is 774. The normalized spacial score (nSPS) is 9.71. The van der Waals surface area contributed by atoms with Crippen LogP contribution in [-0.2, 0) is 23.1 Å². The van der Waals surface area contributed by atoms with Crippen molar-refractivity contribution in [2.75, 3.05) is 0 Å². The molecule has 0 aromatic heterocycles. The predicted octanol–water partition coefficient (Wildman–Crippen LogP) is 3.23. The first-order valence-electron chi connectivity index (χ1n) is 6.63. The van der Waals surface area contributed by atoms with Crippen LogP contribution in [0.25, 0.3) is 0 Å². The second-order valence-electron chi connectivity index (χ2n) is 4.74. The highest BCUT2D eigenvalue weighted by Gasteiger charge is 2.06. The summed E-state index contributed by atoms with van der Waals surface area (Å²) in [6.07, 6.45) is 1.13. The third-order valence-electron chi connectivity index (χ3n) is 3.12. The van der Waals surface area contributed by atoms with E-state index in [0.29, 0.717) is 18.4 Å². The molecule has 21 heavy (non-hydrogen) atoms. The van der Waals surface area contributed by atoms with Crippen LogP contribution in [0.15, 0.2) is 78.4 Å². The number of allylic oxidation sites excluding steroid dienone is 2. The maximum atomic E-state index is 11.0. The van der Waals surface area contributed by atoms with E-state index in [1.807, 2.05) is 60.7 Å². The van der Waals surface area contributed by atoms with Gasteiger partial charge in [0.15, 0.2) is 0 Å². The van der Waals surface area contributed by atoms with Crippen molar-refractivity contribution >= 4 is 15.3 Å². The van der Waals surface area contributed by atoms with Gasteiger partial charge < -0.3 is 0 Å². The molecule has 2 aromatic carbocycles. The quantitative estimate of drug-likeness (QED) is 0.627. The number of benzene rings is 2. The molecule has 106 valence electrons. The molecule has 0 N–H and O–H groups in total. The van der Waals surface area contributed by atoms with Crippen LogP contribution < -0.4 is 0 Å². The summed E-state index contributed by atoms with van der Waals surface area (Å²) < 4.78 is 22.0. The lowest BCUT2D eigenvalue weighted by Crippen LogP contribution is -1.99. The third kappa shape index (κ3) is 4.92. The summed E-state index contributed by atoms with van der Waals surface area (Å²) >= 11 is 0. The lowest BCUT2D eigenvalue weighted by Gasteiger charge is -2.08. The zero-order valence-corrected chi connectivity index (χ0v) is 12.4. The van der Waals surface area contributed by atoms with Crippen molar-refractivity contribution in [2.45, 2.75) is 12.8 Å². The van der Waals surface area contributed by atoms with Gasteiger partial charge in [-0.3, -0.25) is 0 Å². The topological polar surface area (TPSA) is 34.1 Å². The van der Waals surface area contributed by atoms with E-state index in [4.69, 9.17) is 0 Å². The largest absolute Gasteiger partial charge is 0.260 e. The molecule has 0 amide bonds. The Hall–Kier alpha value is -2.35. The molecule has 0 unspecified atom stereocenters. The summed E-state index contributed by atoms with van der Waals surface area (Å²) in [6.45, 7) is 4.03. The van der Waals surface area contributed by atoms with E-state index >= 15 is 0 Å². The molecule has 2 nitrogen and oxygen atoms in total. The molecule has 2 rings (SSSR count). The fourth-order valence-corrected chi connectivity index (χ4v) is 2.50. The van der Waals surface area contributed by atoms with Gasteiger partial charge in [-0.2, -0.15) is 8.42 Å². The van der Waals surface area contributed by atoms with Crippen LogP contribution in [0.2, 0.25) is 0 Å². The molecule has 0 aliphatic rings. The minimum Gasteiger partial charge on any atom is -0.176 e.